The number of nitrogens with one attached hydrogen (secondary N) is 1. The third-order valence-corrected chi connectivity index (χ3v) is 4.14. The van der Waals surface area contributed by atoms with Crippen molar-refractivity contribution in [2.75, 3.05) is 20.3 Å². The van der Waals surface area contributed by atoms with Crippen molar-refractivity contribution in [2.45, 2.75) is 13.3 Å². The maximum Gasteiger partial charge on any atom is 0.261 e. The summed E-state index contributed by atoms with van der Waals surface area (Å²) >= 11 is 4.96. The maximum absolute atomic E-state index is 11.6. The van der Waals surface area contributed by atoms with Gasteiger partial charge in [-0.2, -0.15) is 0 Å². The van der Waals surface area contributed by atoms with E-state index >= 15 is 0 Å². The molecule has 1 amide bonds. The zero-order valence-electron chi connectivity index (χ0n) is 8.80. The third-order valence-electron chi connectivity index (χ3n) is 1.89. The lowest BCUT2D eigenvalue weighted by Gasteiger charge is -2.01. The molecule has 0 aliphatic heterocycles. The van der Waals surface area contributed by atoms with Gasteiger partial charge in [-0.05, 0) is 28.4 Å². The van der Waals surface area contributed by atoms with Gasteiger partial charge < -0.3 is 10.1 Å². The molecule has 0 atom stereocenters. The van der Waals surface area contributed by atoms with Crippen molar-refractivity contribution in [3.8, 4) is 0 Å². The minimum Gasteiger partial charge on any atom is -0.383 e. The Morgan fingerprint density at radius 3 is 2.93 bits per heavy atom. The van der Waals surface area contributed by atoms with Gasteiger partial charge in [0.05, 0.1) is 11.5 Å². The molecule has 1 N–H and O–H groups in total. The molecule has 0 aromatic carbocycles. The van der Waals surface area contributed by atoms with Gasteiger partial charge in [-0.15, -0.1) is 11.3 Å². The van der Waals surface area contributed by atoms with E-state index in [0.717, 1.165) is 15.8 Å². The Kier molecular flexibility index (Phi) is 5.28. The predicted molar refractivity (Wildman–Crippen MR) is 65.6 cm³/mol. The number of methoxy groups -OCH3 is 1. The van der Waals surface area contributed by atoms with Crippen molar-refractivity contribution in [1.29, 1.82) is 0 Å². The molecule has 5 heteroatoms. The van der Waals surface area contributed by atoms with Crippen LogP contribution >= 0.6 is 27.3 Å². The van der Waals surface area contributed by atoms with Crippen LogP contribution in [0.3, 0.4) is 0 Å². The van der Waals surface area contributed by atoms with Gasteiger partial charge in [0, 0.05) is 23.0 Å². The lowest BCUT2D eigenvalue weighted by molar-refractivity contribution is 0.0941. The predicted octanol–water partition coefficient (Wildman–Crippen LogP) is 2.45. The second kappa shape index (κ2) is 6.25. The minimum absolute atomic E-state index is 0.0301. The molecule has 1 aromatic heterocycles. The first-order valence-corrected chi connectivity index (χ1v) is 6.35. The second-order valence-electron chi connectivity index (χ2n) is 2.98. The molecule has 15 heavy (non-hydrogen) atoms. The molecule has 0 aliphatic carbocycles. The number of carbonyl (C=O) groups is 1. The van der Waals surface area contributed by atoms with Crippen LogP contribution in [0.4, 0.5) is 0 Å². The Hall–Kier alpha value is -0.390. The maximum atomic E-state index is 11.6. The number of carbonyl (C=O) groups excluding carboxylic acids is 1. The normalized spacial score (nSPS) is 10.3. The SMILES string of the molecule is CCc1sc(C(=O)NCCOC)cc1Br. The van der Waals surface area contributed by atoms with Crippen LogP contribution in [0.15, 0.2) is 10.5 Å². The van der Waals surface area contributed by atoms with Crippen molar-refractivity contribution >= 4 is 33.2 Å². The van der Waals surface area contributed by atoms with Crippen LogP contribution in [0.5, 0.6) is 0 Å². The average molecular weight is 292 g/mol. The molecule has 0 unspecified atom stereocenters. The van der Waals surface area contributed by atoms with E-state index in [1.807, 2.05) is 6.07 Å². The molecule has 0 radical (unpaired) electrons. The summed E-state index contributed by atoms with van der Waals surface area (Å²) in [6.45, 7) is 3.16. The summed E-state index contributed by atoms with van der Waals surface area (Å²) in [6.07, 6.45) is 0.941. The second-order valence-corrected chi connectivity index (χ2v) is 4.98. The average Bonchev–Trinajstić information content (AvgIpc) is 2.60. The monoisotopic (exact) mass is 291 g/mol. The van der Waals surface area contributed by atoms with Gasteiger partial charge >= 0.3 is 0 Å². The molecular formula is C10H14BrNO2S. The first-order valence-electron chi connectivity index (χ1n) is 4.74. The van der Waals surface area contributed by atoms with Crippen molar-refractivity contribution in [2.24, 2.45) is 0 Å². The summed E-state index contributed by atoms with van der Waals surface area (Å²) in [5.74, 6) is -0.0301. The minimum atomic E-state index is -0.0301. The number of ether oxygens (including phenoxy) is 1. The van der Waals surface area contributed by atoms with E-state index in [2.05, 4.69) is 28.2 Å². The number of hydrogen-bond acceptors (Lipinski definition) is 3. The fourth-order valence-electron chi connectivity index (χ4n) is 1.11. The van der Waals surface area contributed by atoms with E-state index in [1.54, 1.807) is 7.11 Å². The molecule has 1 rings (SSSR count). The van der Waals surface area contributed by atoms with Crippen LogP contribution in [-0.2, 0) is 11.2 Å². The van der Waals surface area contributed by atoms with Gasteiger partial charge in [0.1, 0.15) is 0 Å². The first-order chi connectivity index (χ1) is 7.19. The zero-order valence-corrected chi connectivity index (χ0v) is 11.2. The number of thiophene rings is 1. The standard InChI is InChI=1S/C10H14BrNO2S/c1-3-8-7(11)6-9(15-8)10(13)12-4-5-14-2/h6H,3-5H2,1-2H3,(H,12,13). The highest BCUT2D eigenvalue weighted by atomic mass is 79.9. The molecule has 0 bridgehead atoms. The highest BCUT2D eigenvalue weighted by Gasteiger charge is 2.11. The zero-order chi connectivity index (χ0) is 11.3. The number of amides is 1. The van der Waals surface area contributed by atoms with Crippen LogP contribution in [0.25, 0.3) is 0 Å². The lowest BCUT2D eigenvalue weighted by Crippen LogP contribution is -2.26. The highest BCUT2D eigenvalue weighted by Crippen LogP contribution is 2.27. The van der Waals surface area contributed by atoms with E-state index < -0.39 is 0 Å². The van der Waals surface area contributed by atoms with Crippen molar-refractivity contribution in [1.82, 2.24) is 5.32 Å². The molecule has 1 aromatic rings. The van der Waals surface area contributed by atoms with Crippen LogP contribution < -0.4 is 5.32 Å². The Labute approximate surface area is 102 Å². The summed E-state index contributed by atoms with van der Waals surface area (Å²) in [5.41, 5.74) is 0. The largest absolute Gasteiger partial charge is 0.383 e. The summed E-state index contributed by atoms with van der Waals surface area (Å²) in [6, 6.07) is 1.87. The quantitative estimate of drug-likeness (QED) is 0.847. The Balaban J connectivity index is 2.58. The summed E-state index contributed by atoms with van der Waals surface area (Å²) in [7, 11) is 1.61. The van der Waals surface area contributed by atoms with Crippen LogP contribution in [0.1, 0.15) is 21.5 Å². The molecule has 3 nitrogen and oxygen atoms in total. The summed E-state index contributed by atoms with van der Waals surface area (Å²) in [5, 5.41) is 2.79. The van der Waals surface area contributed by atoms with E-state index in [0.29, 0.717) is 13.2 Å². The molecule has 0 spiro atoms. The summed E-state index contributed by atoms with van der Waals surface area (Å²) in [4.78, 5) is 13.6. The van der Waals surface area contributed by atoms with Crippen molar-refractivity contribution in [3.05, 3.63) is 20.3 Å². The van der Waals surface area contributed by atoms with Gasteiger partial charge in [0.2, 0.25) is 0 Å². The third kappa shape index (κ3) is 3.59. The lowest BCUT2D eigenvalue weighted by atomic mass is 10.3. The molecular weight excluding hydrogens is 278 g/mol. The van der Waals surface area contributed by atoms with Crippen LogP contribution in [-0.4, -0.2) is 26.2 Å². The molecule has 0 aliphatic rings. The van der Waals surface area contributed by atoms with Gasteiger partial charge in [0.15, 0.2) is 0 Å². The highest BCUT2D eigenvalue weighted by molar-refractivity contribution is 9.10. The Morgan fingerprint density at radius 1 is 1.67 bits per heavy atom. The van der Waals surface area contributed by atoms with Gasteiger partial charge in [-0.25, -0.2) is 0 Å². The van der Waals surface area contributed by atoms with Gasteiger partial charge in [-0.3, -0.25) is 4.79 Å². The van der Waals surface area contributed by atoms with E-state index in [4.69, 9.17) is 4.74 Å². The van der Waals surface area contributed by atoms with E-state index in [1.165, 1.54) is 16.2 Å². The number of halogens is 1. The smallest absolute Gasteiger partial charge is 0.261 e. The van der Waals surface area contributed by atoms with Crippen LogP contribution in [0.2, 0.25) is 0 Å². The van der Waals surface area contributed by atoms with Crippen molar-refractivity contribution < 1.29 is 9.53 Å². The Bertz CT molecular complexity index is 338. The van der Waals surface area contributed by atoms with E-state index in [-0.39, 0.29) is 5.91 Å². The molecule has 84 valence electrons. The molecule has 0 fully saturated rings. The fourth-order valence-corrected chi connectivity index (χ4v) is 2.92. The molecule has 0 saturated heterocycles. The summed E-state index contributed by atoms with van der Waals surface area (Å²) < 4.78 is 5.88. The van der Waals surface area contributed by atoms with Crippen molar-refractivity contribution in [3.63, 3.8) is 0 Å². The topological polar surface area (TPSA) is 38.3 Å². The van der Waals surface area contributed by atoms with Gasteiger partial charge in [0.25, 0.3) is 5.91 Å². The molecule has 0 saturated carbocycles. The number of rotatable bonds is 5. The first kappa shape index (κ1) is 12.7. The van der Waals surface area contributed by atoms with E-state index in [9.17, 15) is 4.79 Å². The number of hydrogen-bond donors (Lipinski definition) is 1. The fraction of sp³-hybridized carbons (Fsp3) is 0.500. The Morgan fingerprint density at radius 2 is 2.40 bits per heavy atom. The van der Waals surface area contributed by atoms with Crippen LogP contribution in [0, 0.1) is 0 Å². The molecule has 1 heterocycles. The number of aryl methyl sites for hydroxylation is 1. The van der Waals surface area contributed by atoms with Gasteiger partial charge in [-0.1, -0.05) is 6.92 Å².